The lowest BCUT2D eigenvalue weighted by atomic mass is 9.77. The molecule has 0 amide bonds. The van der Waals surface area contributed by atoms with Crippen LogP contribution in [0.2, 0.25) is 0 Å². The summed E-state index contributed by atoms with van der Waals surface area (Å²) >= 11 is 0. The first-order valence-electron chi connectivity index (χ1n) is 11.1. The lowest BCUT2D eigenvalue weighted by molar-refractivity contribution is 0.0225. The number of benzene rings is 4. The third-order valence-electron chi connectivity index (χ3n) is 6.72. The van der Waals surface area contributed by atoms with E-state index in [-0.39, 0.29) is 5.97 Å². The number of hydrogen-bond donors (Lipinski definition) is 0. The van der Waals surface area contributed by atoms with Gasteiger partial charge in [0.05, 0.1) is 5.56 Å². The Hall–Kier alpha value is -3.79. The fourth-order valence-electron chi connectivity index (χ4n) is 5.17. The molecule has 0 bridgehead atoms. The molecule has 2 aliphatic rings. The summed E-state index contributed by atoms with van der Waals surface area (Å²) in [5.41, 5.74) is 3.24. The van der Waals surface area contributed by atoms with Crippen molar-refractivity contribution in [3.63, 3.8) is 0 Å². The van der Waals surface area contributed by atoms with Gasteiger partial charge in [-0.15, -0.1) is 0 Å². The van der Waals surface area contributed by atoms with Crippen molar-refractivity contribution in [1.29, 1.82) is 0 Å². The Morgan fingerprint density at radius 1 is 0.812 bits per heavy atom. The largest absolute Gasteiger partial charge is 0.456 e. The molecular weight excluding hydrogens is 398 g/mol. The highest BCUT2D eigenvalue weighted by Crippen LogP contribution is 2.57. The fourth-order valence-corrected chi connectivity index (χ4v) is 5.17. The maximum atomic E-state index is 13.0. The normalized spacial score (nSPS) is 18.0. The molecule has 1 atom stereocenters. The van der Waals surface area contributed by atoms with Crippen LogP contribution in [-0.2, 0) is 10.3 Å². The fraction of sp³-hybridized carbons (Fsp3) is 0.179. The molecule has 1 spiro atoms. The summed E-state index contributed by atoms with van der Waals surface area (Å²) in [7, 11) is 0. The van der Waals surface area contributed by atoms with Crippen molar-refractivity contribution in [3.8, 4) is 11.5 Å². The van der Waals surface area contributed by atoms with Gasteiger partial charge in [-0.05, 0) is 43.5 Å². The van der Waals surface area contributed by atoms with Gasteiger partial charge in [0, 0.05) is 46.9 Å². The second-order valence-electron chi connectivity index (χ2n) is 8.23. The first kappa shape index (κ1) is 18.9. The lowest BCUT2D eigenvalue weighted by Crippen LogP contribution is -2.33. The number of hydrogen-bond acceptors (Lipinski definition) is 4. The minimum atomic E-state index is -1.03. The van der Waals surface area contributed by atoms with Crippen LogP contribution in [0.1, 0.15) is 40.9 Å². The molecule has 0 aromatic heterocycles. The SMILES string of the molecule is CCN(CC)c1ccc2c(c1)Oc1c(ccc3ccccc13)[C@@]21OC(=O)c2ccccc21. The Labute approximate surface area is 187 Å². The van der Waals surface area contributed by atoms with Crippen LogP contribution in [0, 0.1) is 0 Å². The number of esters is 1. The summed E-state index contributed by atoms with van der Waals surface area (Å²) in [5.74, 6) is 1.17. The minimum absolute atomic E-state index is 0.305. The zero-order valence-corrected chi connectivity index (χ0v) is 18.1. The van der Waals surface area contributed by atoms with Crippen molar-refractivity contribution in [3.05, 3.63) is 101 Å². The van der Waals surface area contributed by atoms with E-state index in [1.807, 2.05) is 42.5 Å². The number of fused-ring (bicyclic) bond motifs is 8. The van der Waals surface area contributed by atoms with Gasteiger partial charge in [-0.1, -0.05) is 48.5 Å². The zero-order valence-electron chi connectivity index (χ0n) is 18.1. The molecule has 2 heterocycles. The van der Waals surface area contributed by atoms with Crippen molar-refractivity contribution in [2.45, 2.75) is 19.4 Å². The molecule has 4 aromatic carbocycles. The Morgan fingerprint density at radius 3 is 2.41 bits per heavy atom. The molecule has 2 aliphatic heterocycles. The highest BCUT2D eigenvalue weighted by atomic mass is 16.6. The van der Waals surface area contributed by atoms with E-state index in [1.54, 1.807) is 0 Å². The van der Waals surface area contributed by atoms with Gasteiger partial charge in [-0.3, -0.25) is 0 Å². The van der Waals surface area contributed by atoms with E-state index < -0.39 is 5.60 Å². The number of nitrogens with zero attached hydrogens (tertiary/aromatic N) is 1. The van der Waals surface area contributed by atoms with Gasteiger partial charge in [-0.2, -0.15) is 0 Å². The molecule has 32 heavy (non-hydrogen) atoms. The Bertz CT molecular complexity index is 1390. The lowest BCUT2D eigenvalue weighted by Gasteiger charge is -2.37. The van der Waals surface area contributed by atoms with Crippen molar-refractivity contribution < 1.29 is 14.3 Å². The quantitative estimate of drug-likeness (QED) is 0.366. The molecule has 6 rings (SSSR count). The van der Waals surface area contributed by atoms with Gasteiger partial charge in [0.25, 0.3) is 0 Å². The molecule has 0 unspecified atom stereocenters. The summed E-state index contributed by atoms with van der Waals surface area (Å²) in [6.45, 7) is 6.09. The van der Waals surface area contributed by atoms with Crippen molar-refractivity contribution in [2.75, 3.05) is 18.0 Å². The summed E-state index contributed by atoms with van der Waals surface area (Å²) in [6.07, 6.45) is 0. The third-order valence-corrected chi connectivity index (χ3v) is 6.72. The molecular formula is C28H23NO3. The maximum Gasteiger partial charge on any atom is 0.340 e. The molecule has 4 aromatic rings. The summed E-state index contributed by atoms with van der Waals surface area (Å²) in [5, 5.41) is 2.09. The van der Waals surface area contributed by atoms with Gasteiger partial charge in [0.1, 0.15) is 11.5 Å². The Morgan fingerprint density at radius 2 is 1.56 bits per heavy atom. The Balaban J connectivity index is 1.69. The molecule has 0 radical (unpaired) electrons. The van der Waals surface area contributed by atoms with E-state index in [4.69, 9.17) is 9.47 Å². The zero-order chi connectivity index (χ0) is 21.9. The number of anilines is 1. The number of carbonyl (C=O) groups is 1. The molecule has 0 fully saturated rings. The van der Waals surface area contributed by atoms with Crippen LogP contribution in [0.5, 0.6) is 11.5 Å². The second kappa shape index (κ2) is 6.86. The van der Waals surface area contributed by atoms with Crippen molar-refractivity contribution in [2.24, 2.45) is 0 Å². The van der Waals surface area contributed by atoms with Gasteiger partial charge in [0.15, 0.2) is 5.60 Å². The van der Waals surface area contributed by atoms with E-state index in [0.29, 0.717) is 5.56 Å². The van der Waals surface area contributed by atoms with E-state index in [2.05, 4.69) is 55.1 Å². The predicted molar refractivity (Wildman–Crippen MR) is 126 cm³/mol. The first-order valence-corrected chi connectivity index (χ1v) is 11.1. The molecule has 0 aliphatic carbocycles. The van der Waals surface area contributed by atoms with Crippen molar-refractivity contribution in [1.82, 2.24) is 0 Å². The minimum Gasteiger partial charge on any atom is -0.456 e. The van der Waals surface area contributed by atoms with Crippen LogP contribution >= 0.6 is 0 Å². The summed E-state index contributed by atoms with van der Waals surface area (Å²) in [6, 6.07) is 26.2. The highest BCUT2D eigenvalue weighted by molar-refractivity contribution is 5.99. The second-order valence-corrected chi connectivity index (χ2v) is 8.23. The van der Waals surface area contributed by atoms with Crippen LogP contribution in [0.3, 0.4) is 0 Å². The summed E-state index contributed by atoms with van der Waals surface area (Å²) in [4.78, 5) is 15.3. The molecule has 4 heteroatoms. The molecule has 0 saturated heterocycles. The van der Waals surface area contributed by atoms with E-state index in [9.17, 15) is 4.79 Å². The average Bonchev–Trinajstić information content (AvgIpc) is 3.13. The third kappa shape index (κ3) is 2.41. The van der Waals surface area contributed by atoms with Crippen LogP contribution < -0.4 is 9.64 Å². The maximum absolute atomic E-state index is 13.0. The van der Waals surface area contributed by atoms with E-state index in [0.717, 1.165) is 57.7 Å². The van der Waals surface area contributed by atoms with Crippen LogP contribution in [0.25, 0.3) is 10.8 Å². The van der Waals surface area contributed by atoms with Crippen LogP contribution in [0.15, 0.2) is 78.9 Å². The first-order chi connectivity index (χ1) is 15.7. The number of carbonyl (C=O) groups excluding carboxylic acids is 1. The monoisotopic (exact) mass is 421 g/mol. The molecule has 0 N–H and O–H groups in total. The standard InChI is InChI=1S/C28H23NO3/c1-3-29(4-2)19-14-16-23-25(17-19)31-26-20-10-6-5-9-18(20)13-15-24(26)28(23)22-12-8-7-11-21(22)27(30)32-28/h5-17H,3-4H2,1-2H3/t28-/m0/s1. The van der Waals surface area contributed by atoms with Crippen molar-refractivity contribution >= 4 is 22.4 Å². The predicted octanol–water partition coefficient (Wildman–Crippen LogP) is 6.25. The van der Waals surface area contributed by atoms with Crippen LogP contribution in [0.4, 0.5) is 5.69 Å². The summed E-state index contributed by atoms with van der Waals surface area (Å²) < 4.78 is 12.9. The van der Waals surface area contributed by atoms with E-state index >= 15 is 0 Å². The average molecular weight is 421 g/mol. The van der Waals surface area contributed by atoms with Gasteiger partial charge < -0.3 is 14.4 Å². The van der Waals surface area contributed by atoms with Gasteiger partial charge in [-0.25, -0.2) is 4.79 Å². The number of rotatable bonds is 3. The highest BCUT2D eigenvalue weighted by Gasteiger charge is 2.53. The topological polar surface area (TPSA) is 38.8 Å². The van der Waals surface area contributed by atoms with Gasteiger partial charge in [0.2, 0.25) is 0 Å². The number of ether oxygens (including phenoxy) is 2. The van der Waals surface area contributed by atoms with Crippen LogP contribution in [-0.4, -0.2) is 19.1 Å². The smallest absolute Gasteiger partial charge is 0.340 e. The molecule has 4 nitrogen and oxygen atoms in total. The molecule has 0 saturated carbocycles. The molecule has 158 valence electrons. The Kier molecular flexibility index (Phi) is 4.06. The van der Waals surface area contributed by atoms with Gasteiger partial charge >= 0.3 is 5.97 Å². The van der Waals surface area contributed by atoms with E-state index in [1.165, 1.54) is 0 Å².